The van der Waals surface area contributed by atoms with Gasteiger partial charge in [0.05, 0.1) is 6.54 Å². The molecule has 0 saturated carbocycles. The standard InChI is InChI=1S/C16H21FN4O2/c17-16(10-19-11-16)13-3-1-2-12(8-13)15(23)21-6-4-20(5-7-21)14(22)9-18/h1-3,8,19H,4-7,9-11,18H2. The number of hydrogen-bond donors (Lipinski definition) is 2. The van der Waals surface area contributed by atoms with Crippen molar-refractivity contribution in [3.63, 3.8) is 0 Å². The van der Waals surface area contributed by atoms with Gasteiger partial charge in [0, 0.05) is 44.8 Å². The Morgan fingerprint density at radius 2 is 1.83 bits per heavy atom. The number of alkyl halides is 1. The Hall–Kier alpha value is -1.99. The van der Waals surface area contributed by atoms with Gasteiger partial charge in [-0.3, -0.25) is 9.59 Å². The van der Waals surface area contributed by atoms with Crippen molar-refractivity contribution in [3.05, 3.63) is 35.4 Å². The van der Waals surface area contributed by atoms with Crippen molar-refractivity contribution >= 4 is 11.8 Å². The van der Waals surface area contributed by atoms with Gasteiger partial charge in [-0.25, -0.2) is 4.39 Å². The van der Waals surface area contributed by atoms with Gasteiger partial charge in [0.15, 0.2) is 5.67 Å². The lowest BCUT2D eigenvalue weighted by molar-refractivity contribution is -0.131. The Morgan fingerprint density at radius 1 is 1.17 bits per heavy atom. The fourth-order valence-electron chi connectivity index (χ4n) is 2.95. The number of amides is 2. The highest BCUT2D eigenvalue weighted by Crippen LogP contribution is 2.30. The predicted octanol–water partition coefficient (Wildman–Crippen LogP) is -0.302. The van der Waals surface area contributed by atoms with Crippen molar-refractivity contribution in [1.29, 1.82) is 0 Å². The van der Waals surface area contributed by atoms with Gasteiger partial charge in [-0.15, -0.1) is 0 Å². The summed E-state index contributed by atoms with van der Waals surface area (Å²) in [6.45, 7) is 2.46. The minimum Gasteiger partial charge on any atom is -0.338 e. The van der Waals surface area contributed by atoms with Crippen molar-refractivity contribution in [1.82, 2.24) is 15.1 Å². The lowest BCUT2D eigenvalue weighted by atomic mass is 9.89. The van der Waals surface area contributed by atoms with Crippen molar-refractivity contribution in [2.45, 2.75) is 5.67 Å². The first-order valence-electron chi connectivity index (χ1n) is 7.81. The number of halogens is 1. The van der Waals surface area contributed by atoms with E-state index in [2.05, 4.69) is 5.32 Å². The van der Waals surface area contributed by atoms with Gasteiger partial charge in [0.1, 0.15) is 0 Å². The highest BCUT2D eigenvalue weighted by atomic mass is 19.1. The molecule has 2 amide bonds. The maximum absolute atomic E-state index is 14.5. The minimum atomic E-state index is -1.37. The van der Waals surface area contributed by atoms with Gasteiger partial charge in [-0.05, 0) is 17.7 Å². The number of benzene rings is 1. The van der Waals surface area contributed by atoms with Crippen LogP contribution in [-0.4, -0.2) is 67.4 Å². The van der Waals surface area contributed by atoms with Crippen molar-refractivity contribution in [2.75, 3.05) is 45.8 Å². The number of piperazine rings is 1. The number of nitrogens with zero attached hydrogens (tertiary/aromatic N) is 2. The smallest absolute Gasteiger partial charge is 0.253 e. The van der Waals surface area contributed by atoms with Gasteiger partial charge < -0.3 is 20.9 Å². The molecular weight excluding hydrogens is 299 g/mol. The van der Waals surface area contributed by atoms with E-state index in [9.17, 15) is 14.0 Å². The van der Waals surface area contributed by atoms with Crippen molar-refractivity contribution in [2.24, 2.45) is 5.73 Å². The third-order valence-corrected chi connectivity index (χ3v) is 4.53. The van der Waals surface area contributed by atoms with Gasteiger partial charge in [0.2, 0.25) is 5.91 Å². The lowest BCUT2D eigenvalue weighted by Crippen LogP contribution is -2.54. The van der Waals surface area contributed by atoms with E-state index in [4.69, 9.17) is 5.73 Å². The Balaban J connectivity index is 1.67. The van der Waals surface area contributed by atoms with Gasteiger partial charge in [-0.1, -0.05) is 12.1 Å². The molecule has 1 aromatic carbocycles. The molecule has 0 atom stereocenters. The van der Waals surface area contributed by atoms with Crippen LogP contribution in [0.1, 0.15) is 15.9 Å². The van der Waals surface area contributed by atoms with Crippen molar-refractivity contribution < 1.29 is 14.0 Å². The quantitative estimate of drug-likeness (QED) is 0.801. The molecule has 3 N–H and O–H groups in total. The van der Waals surface area contributed by atoms with E-state index in [-0.39, 0.29) is 31.4 Å². The van der Waals surface area contributed by atoms with Crippen LogP contribution in [0, 0.1) is 0 Å². The minimum absolute atomic E-state index is 0.0113. The average molecular weight is 320 g/mol. The molecule has 0 aliphatic carbocycles. The predicted molar refractivity (Wildman–Crippen MR) is 83.6 cm³/mol. The number of rotatable bonds is 3. The molecule has 124 valence electrons. The second-order valence-corrected chi connectivity index (χ2v) is 6.03. The average Bonchev–Trinajstić information content (AvgIpc) is 2.58. The molecule has 3 rings (SSSR count). The van der Waals surface area contributed by atoms with E-state index in [1.54, 1.807) is 34.1 Å². The molecule has 2 aliphatic heterocycles. The monoisotopic (exact) mass is 320 g/mol. The van der Waals surface area contributed by atoms with E-state index >= 15 is 0 Å². The molecule has 0 aromatic heterocycles. The van der Waals surface area contributed by atoms with E-state index in [0.29, 0.717) is 37.3 Å². The highest BCUT2D eigenvalue weighted by Gasteiger charge is 2.39. The molecule has 0 spiro atoms. The Morgan fingerprint density at radius 3 is 2.39 bits per heavy atom. The van der Waals surface area contributed by atoms with E-state index in [1.165, 1.54) is 0 Å². The molecule has 2 heterocycles. The molecule has 2 aliphatic rings. The summed E-state index contributed by atoms with van der Waals surface area (Å²) >= 11 is 0. The van der Waals surface area contributed by atoms with Crippen molar-refractivity contribution in [3.8, 4) is 0 Å². The zero-order valence-electron chi connectivity index (χ0n) is 12.9. The zero-order chi connectivity index (χ0) is 16.4. The molecular formula is C16H21FN4O2. The first kappa shape index (κ1) is 15.9. The van der Waals surface area contributed by atoms with E-state index in [1.807, 2.05) is 0 Å². The second kappa shape index (κ2) is 6.25. The number of carbonyl (C=O) groups is 2. The Bertz CT molecular complexity index is 610. The maximum atomic E-state index is 14.5. The lowest BCUT2D eigenvalue weighted by Gasteiger charge is -2.36. The number of nitrogens with two attached hydrogens (primary N) is 1. The summed E-state index contributed by atoms with van der Waals surface area (Å²) in [7, 11) is 0. The van der Waals surface area contributed by atoms with Crippen LogP contribution in [0.15, 0.2) is 24.3 Å². The van der Waals surface area contributed by atoms with E-state index in [0.717, 1.165) is 0 Å². The van der Waals surface area contributed by atoms with Crippen LogP contribution >= 0.6 is 0 Å². The van der Waals surface area contributed by atoms with Gasteiger partial charge in [0.25, 0.3) is 5.91 Å². The summed E-state index contributed by atoms with van der Waals surface area (Å²) in [5.41, 5.74) is 5.01. The van der Waals surface area contributed by atoms with Crippen LogP contribution < -0.4 is 11.1 Å². The molecule has 2 fully saturated rings. The normalized spacial score (nSPS) is 20.1. The summed E-state index contributed by atoms with van der Waals surface area (Å²) in [6.07, 6.45) is 0. The SMILES string of the molecule is NCC(=O)N1CCN(C(=O)c2cccc(C3(F)CNC3)c2)CC1. The topological polar surface area (TPSA) is 78.7 Å². The van der Waals surface area contributed by atoms with Gasteiger partial charge >= 0.3 is 0 Å². The summed E-state index contributed by atoms with van der Waals surface area (Å²) in [6, 6.07) is 6.78. The fourth-order valence-corrected chi connectivity index (χ4v) is 2.95. The van der Waals surface area contributed by atoms with Crippen LogP contribution in [-0.2, 0) is 10.5 Å². The summed E-state index contributed by atoms with van der Waals surface area (Å²) in [5, 5.41) is 2.92. The highest BCUT2D eigenvalue weighted by molar-refractivity contribution is 5.94. The first-order chi connectivity index (χ1) is 11.0. The van der Waals surface area contributed by atoms with Crippen LogP contribution in [0.5, 0.6) is 0 Å². The molecule has 1 aromatic rings. The molecule has 0 radical (unpaired) electrons. The second-order valence-electron chi connectivity index (χ2n) is 6.03. The molecule has 0 bridgehead atoms. The Kier molecular flexibility index (Phi) is 4.32. The molecule has 2 saturated heterocycles. The fraction of sp³-hybridized carbons (Fsp3) is 0.500. The van der Waals surface area contributed by atoms with E-state index < -0.39 is 5.67 Å². The molecule has 6 nitrogen and oxygen atoms in total. The first-order valence-corrected chi connectivity index (χ1v) is 7.81. The van der Waals surface area contributed by atoms with Crippen LogP contribution in [0.3, 0.4) is 0 Å². The zero-order valence-corrected chi connectivity index (χ0v) is 12.9. The molecule has 23 heavy (non-hydrogen) atoms. The Labute approximate surface area is 134 Å². The molecule has 0 unspecified atom stereocenters. The third kappa shape index (κ3) is 3.07. The maximum Gasteiger partial charge on any atom is 0.253 e. The summed E-state index contributed by atoms with van der Waals surface area (Å²) < 4.78 is 14.5. The number of carbonyl (C=O) groups excluding carboxylic acids is 2. The number of hydrogen-bond acceptors (Lipinski definition) is 4. The third-order valence-electron chi connectivity index (χ3n) is 4.53. The van der Waals surface area contributed by atoms with Crippen LogP contribution in [0.2, 0.25) is 0 Å². The van der Waals surface area contributed by atoms with Crippen LogP contribution in [0.4, 0.5) is 4.39 Å². The largest absolute Gasteiger partial charge is 0.338 e. The molecule has 7 heteroatoms. The summed E-state index contributed by atoms with van der Waals surface area (Å²) in [4.78, 5) is 27.5. The van der Waals surface area contributed by atoms with Gasteiger partial charge in [-0.2, -0.15) is 0 Å². The van der Waals surface area contributed by atoms with Crippen LogP contribution in [0.25, 0.3) is 0 Å². The summed E-state index contributed by atoms with van der Waals surface area (Å²) in [5.74, 6) is -0.224. The number of nitrogens with one attached hydrogen (secondary N) is 1.